The molecule has 6 nitrogen and oxygen atoms in total. The lowest BCUT2D eigenvalue weighted by Gasteiger charge is -2.27. The van der Waals surface area contributed by atoms with Gasteiger partial charge in [0.05, 0.1) is 25.3 Å². The number of ether oxygens (including phenoxy) is 3. The summed E-state index contributed by atoms with van der Waals surface area (Å²) in [6.45, 7) is 6.15. The topological polar surface area (TPSA) is 65.1 Å². The predicted octanol–water partition coefficient (Wildman–Crippen LogP) is 2.80. The molecule has 1 amide bonds. The maximum absolute atomic E-state index is 12.5. The number of carbonyl (C=O) groups excluding carboxylic acids is 2. The van der Waals surface area contributed by atoms with E-state index in [1.807, 2.05) is 30.3 Å². The van der Waals surface area contributed by atoms with Crippen LogP contribution in [0.15, 0.2) is 30.3 Å². The fourth-order valence-electron chi connectivity index (χ4n) is 2.77. The van der Waals surface area contributed by atoms with E-state index in [0.717, 1.165) is 5.56 Å². The number of likely N-dealkylation sites (tertiary alicyclic amines) is 1. The lowest BCUT2D eigenvalue weighted by molar-refractivity contribution is -0.127. The van der Waals surface area contributed by atoms with Crippen molar-refractivity contribution >= 4 is 11.9 Å². The molecule has 1 aliphatic heterocycles. The molecule has 1 aromatic rings. The Hall–Kier alpha value is -1.92. The number of ketones is 1. The minimum absolute atomic E-state index is 0.0324. The fourth-order valence-corrected chi connectivity index (χ4v) is 2.77. The molecule has 2 atom stereocenters. The van der Waals surface area contributed by atoms with Gasteiger partial charge >= 0.3 is 6.09 Å². The highest BCUT2D eigenvalue weighted by Crippen LogP contribution is 2.25. The third-order valence-electron chi connectivity index (χ3n) is 3.88. The molecule has 1 heterocycles. The number of benzene rings is 1. The SMILES string of the molecule is COCC(=O)[C@@H]1C[C@@H](OCc2ccccc2)CN1C(=O)OC(C)(C)C. The zero-order valence-corrected chi connectivity index (χ0v) is 15.4. The van der Waals surface area contributed by atoms with Crippen molar-refractivity contribution in [1.82, 2.24) is 4.90 Å². The third-order valence-corrected chi connectivity index (χ3v) is 3.88. The first kappa shape index (κ1) is 19.4. The molecule has 0 bridgehead atoms. The molecular weight excluding hydrogens is 322 g/mol. The molecule has 0 unspecified atom stereocenters. The molecule has 1 aromatic carbocycles. The maximum Gasteiger partial charge on any atom is 0.410 e. The largest absolute Gasteiger partial charge is 0.444 e. The fraction of sp³-hybridized carbons (Fsp3) is 0.579. The number of hydrogen-bond acceptors (Lipinski definition) is 5. The monoisotopic (exact) mass is 349 g/mol. The van der Waals surface area contributed by atoms with E-state index in [1.54, 1.807) is 20.8 Å². The van der Waals surface area contributed by atoms with Crippen LogP contribution in [0, 0.1) is 0 Å². The Morgan fingerprint density at radius 1 is 1.20 bits per heavy atom. The average Bonchev–Trinajstić information content (AvgIpc) is 2.97. The molecule has 0 spiro atoms. The molecule has 1 saturated heterocycles. The molecule has 1 fully saturated rings. The van der Waals surface area contributed by atoms with Crippen LogP contribution in [0.1, 0.15) is 32.8 Å². The minimum Gasteiger partial charge on any atom is -0.444 e. The van der Waals surface area contributed by atoms with E-state index in [9.17, 15) is 9.59 Å². The Bertz CT molecular complexity index is 581. The number of carbonyl (C=O) groups is 2. The van der Waals surface area contributed by atoms with Gasteiger partial charge in [0.1, 0.15) is 12.2 Å². The highest BCUT2D eigenvalue weighted by atomic mass is 16.6. The van der Waals surface area contributed by atoms with Crippen LogP contribution in [0.3, 0.4) is 0 Å². The van der Waals surface area contributed by atoms with Gasteiger partial charge in [0.25, 0.3) is 0 Å². The molecule has 6 heteroatoms. The second kappa shape index (κ2) is 8.45. The van der Waals surface area contributed by atoms with Gasteiger partial charge in [0.2, 0.25) is 0 Å². The maximum atomic E-state index is 12.5. The van der Waals surface area contributed by atoms with Crippen LogP contribution in [0.5, 0.6) is 0 Å². The van der Waals surface area contributed by atoms with Gasteiger partial charge in [-0.1, -0.05) is 30.3 Å². The number of nitrogens with zero attached hydrogens (tertiary/aromatic N) is 1. The summed E-state index contributed by atoms with van der Waals surface area (Å²) in [5.41, 5.74) is 0.438. The number of hydrogen-bond donors (Lipinski definition) is 0. The van der Waals surface area contributed by atoms with Gasteiger partial charge in [-0.15, -0.1) is 0 Å². The molecule has 0 aliphatic carbocycles. The summed E-state index contributed by atoms with van der Waals surface area (Å²) in [5, 5.41) is 0. The quantitative estimate of drug-likeness (QED) is 0.790. The van der Waals surface area contributed by atoms with Crippen LogP contribution in [-0.2, 0) is 25.6 Å². The highest BCUT2D eigenvalue weighted by molar-refractivity contribution is 5.89. The molecule has 138 valence electrons. The summed E-state index contributed by atoms with van der Waals surface area (Å²) in [5.74, 6) is -0.140. The standard InChI is InChI=1S/C19H27NO5/c1-19(2,3)25-18(22)20-11-15(10-16(20)17(21)13-23-4)24-12-14-8-6-5-7-9-14/h5-9,15-16H,10-13H2,1-4H3/t15-,16+/m1/s1. The number of amides is 1. The van der Waals surface area contributed by atoms with Crippen LogP contribution in [0.4, 0.5) is 4.79 Å². The zero-order chi connectivity index (χ0) is 18.4. The molecule has 2 rings (SSSR count). The molecule has 0 N–H and O–H groups in total. The number of Topliss-reactive ketones (excluding diaryl/α,β-unsaturated/α-hetero) is 1. The van der Waals surface area contributed by atoms with Gasteiger partial charge in [-0.05, 0) is 26.3 Å². The summed E-state index contributed by atoms with van der Waals surface area (Å²) >= 11 is 0. The Kier molecular flexibility index (Phi) is 6.56. The molecule has 25 heavy (non-hydrogen) atoms. The van der Waals surface area contributed by atoms with E-state index >= 15 is 0 Å². The van der Waals surface area contributed by atoms with Crippen LogP contribution in [-0.4, -0.2) is 54.8 Å². The second-order valence-electron chi connectivity index (χ2n) is 7.20. The summed E-state index contributed by atoms with van der Waals surface area (Å²) < 4.78 is 16.3. The van der Waals surface area contributed by atoms with Crippen molar-refractivity contribution in [1.29, 1.82) is 0 Å². The van der Waals surface area contributed by atoms with Crippen molar-refractivity contribution in [2.24, 2.45) is 0 Å². The summed E-state index contributed by atoms with van der Waals surface area (Å²) in [4.78, 5) is 26.2. The van der Waals surface area contributed by atoms with Gasteiger partial charge in [-0.25, -0.2) is 4.79 Å². The van der Waals surface area contributed by atoms with E-state index in [1.165, 1.54) is 12.0 Å². The van der Waals surface area contributed by atoms with Crippen LogP contribution in [0.2, 0.25) is 0 Å². The lowest BCUT2D eigenvalue weighted by atomic mass is 10.1. The van der Waals surface area contributed by atoms with E-state index < -0.39 is 17.7 Å². The average molecular weight is 349 g/mol. The second-order valence-corrected chi connectivity index (χ2v) is 7.20. The first-order valence-corrected chi connectivity index (χ1v) is 8.47. The number of methoxy groups -OCH3 is 1. The Morgan fingerprint density at radius 2 is 1.88 bits per heavy atom. The highest BCUT2D eigenvalue weighted by Gasteiger charge is 2.41. The van der Waals surface area contributed by atoms with E-state index in [0.29, 0.717) is 19.6 Å². The zero-order valence-electron chi connectivity index (χ0n) is 15.4. The summed E-state index contributed by atoms with van der Waals surface area (Å²) in [6, 6.07) is 9.23. The van der Waals surface area contributed by atoms with Gasteiger partial charge in [-0.2, -0.15) is 0 Å². The Labute approximate surface area is 149 Å². The van der Waals surface area contributed by atoms with Crippen LogP contribution < -0.4 is 0 Å². The van der Waals surface area contributed by atoms with E-state index in [2.05, 4.69) is 0 Å². The predicted molar refractivity (Wildman–Crippen MR) is 93.2 cm³/mol. The smallest absolute Gasteiger partial charge is 0.410 e. The molecule has 0 aromatic heterocycles. The molecule has 0 radical (unpaired) electrons. The first-order valence-electron chi connectivity index (χ1n) is 8.47. The third kappa shape index (κ3) is 5.83. The Balaban J connectivity index is 2.02. The Morgan fingerprint density at radius 3 is 2.48 bits per heavy atom. The lowest BCUT2D eigenvalue weighted by Crippen LogP contribution is -2.44. The van der Waals surface area contributed by atoms with E-state index in [-0.39, 0.29) is 18.5 Å². The molecule has 0 saturated carbocycles. The summed E-state index contributed by atoms with van der Waals surface area (Å²) in [7, 11) is 1.47. The van der Waals surface area contributed by atoms with Crippen molar-refractivity contribution < 1.29 is 23.8 Å². The number of rotatable bonds is 6. The summed E-state index contributed by atoms with van der Waals surface area (Å²) in [6.07, 6.45) is -0.250. The van der Waals surface area contributed by atoms with Gasteiger partial charge < -0.3 is 14.2 Å². The van der Waals surface area contributed by atoms with Crippen molar-refractivity contribution in [3.8, 4) is 0 Å². The van der Waals surface area contributed by atoms with Crippen LogP contribution in [0.25, 0.3) is 0 Å². The van der Waals surface area contributed by atoms with Crippen molar-refractivity contribution in [2.45, 2.75) is 51.5 Å². The molecular formula is C19H27NO5. The van der Waals surface area contributed by atoms with Gasteiger partial charge in [-0.3, -0.25) is 9.69 Å². The van der Waals surface area contributed by atoms with Gasteiger partial charge in [0.15, 0.2) is 5.78 Å². The minimum atomic E-state index is -0.616. The van der Waals surface area contributed by atoms with E-state index in [4.69, 9.17) is 14.2 Å². The van der Waals surface area contributed by atoms with Crippen LogP contribution >= 0.6 is 0 Å². The van der Waals surface area contributed by atoms with Gasteiger partial charge in [0, 0.05) is 13.5 Å². The van der Waals surface area contributed by atoms with Crippen molar-refractivity contribution in [2.75, 3.05) is 20.3 Å². The molecule has 1 aliphatic rings. The van der Waals surface area contributed by atoms with Crippen molar-refractivity contribution in [3.05, 3.63) is 35.9 Å². The van der Waals surface area contributed by atoms with Crippen molar-refractivity contribution in [3.63, 3.8) is 0 Å². The normalized spacial score (nSPS) is 20.6. The first-order chi connectivity index (χ1) is 11.8.